The predicted octanol–water partition coefficient (Wildman–Crippen LogP) is 3.85. The number of benzene rings is 3. The van der Waals surface area contributed by atoms with Gasteiger partial charge in [0.15, 0.2) is 0 Å². The number of thioether (sulfide) groups is 1. The average molecular weight is 531 g/mol. The van der Waals surface area contributed by atoms with Gasteiger partial charge in [0.2, 0.25) is 11.8 Å². The molecule has 1 saturated heterocycles. The van der Waals surface area contributed by atoms with Gasteiger partial charge in [-0.3, -0.25) is 34.2 Å². The summed E-state index contributed by atoms with van der Waals surface area (Å²) < 4.78 is 0. The van der Waals surface area contributed by atoms with Crippen molar-refractivity contribution >= 4 is 52.8 Å². The lowest BCUT2D eigenvalue weighted by molar-refractivity contribution is -0.384. The van der Waals surface area contributed by atoms with Crippen molar-refractivity contribution in [3.8, 4) is 0 Å². The molecule has 1 unspecified atom stereocenters. The average Bonchev–Trinajstić information content (AvgIpc) is 3.16. The summed E-state index contributed by atoms with van der Waals surface area (Å²) in [4.78, 5) is 62.1. The van der Waals surface area contributed by atoms with E-state index < -0.39 is 22.0 Å². The van der Waals surface area contributed by atoms with E-state index in [-0.39, 0.29) is 29.6 Å². The third kappa shape index (κ3) is 6.31. The molecule has 1 aliphatic heterocycles. The Morgan fingerprint density at radius 3 is 2.24 bits per heavy atom. The molecule has 3 aromatic rings. The first-order chi connectivity index (χ1) is 18.2. The number of imide groups is 1. The first-order valence-electron chi connectivity index (χ1n) is 11.4. The minimum absolute atomic E-state index is 0.0655. The molecule has 3 aromatic carbocycles. The number of nitrogens with one attached hydrogen (secondary N) is 2. The number of hydrogen-bond acceptors (Lipinski definition) is 7. The SMILES string of the molecule is CN1C(=O)CC(Sc2ccc(NC(=O)/C(=C/c3ccc([N+](=O)[O-])cc3)NC(=O)c3ccccc3)cc2)C1=O. The van der Waals surface area contributed by atoms with Crippen LogP contribution in [0.4, 0.5) is 11.4 Å². The van der Waals surface area contributed by atoms with Crippen LogP contribution in [0.15, 0.2) is 89.5 Å². The maximum Gasteiger partial charge on any atom is 0.272 e. The molecular weight excluding hydrogens is 508 g/mol. The fourth-order valence-electron chi connectivity index (χ4n) is 3.59. The van der Waals surface area contributed by atoms with E-state index in [0.29, 0.717) is 16.8 Å². The van der Waals surface area contributed by atoms with Crippen LogP contribution in [-0.2, 0) is 14.4 Å². The van der Waals surface area contributed by atoms with Crippen LogP contribution in [-0.4, -0.2) is 45.7 Å². The monoisotopic (exact) mass is 530 g/mol. The van der Waals surface area contributed by atoms with Gasteiger partial charge in [0.05, 0.1) is 10.2 Å². The van der Waals surface area contributed by atoms with E-state index >= 15 is 0 Å². The topological polar surface area (TPSA) is 139 Å². The van der Waals surface area contributed by atoms with E-state index in [1.165, 1.54) is 49.2 Å². The second-order valence-corrected chi connectivity index (χ2v) is 9.58. The zero-order valence-electron chi connectivity index (χ0n) is 20.1. The molecule has 0 radical (unpaired) electrons. The van der Waals surface area contributed by atoms with E-state index in [2.05, 4.69) is 10.6 Å². The second-order valence-electron chi connectivity index (χ2n) is 8.31. The molecule has 11 heteroatoms. The molecule has 0 spiro atoms. The van der Waals surface area contributed by atoms with Gasteiger partial charge in [0.25, 0.3) is 17.5 Å². The van der Waals surface area contributed by atoms with Gasteiger partial charge in [-0.25, -0.2) is 0 Å². The van der Waals surface area contributed by atoms with E-state index in [9.17, 15) is 29.3 Å². The Bertz CT molecular complexity index is 1420. The fourth-order valence-corrected chi connectivity index (χ4v) is 4.70. The maximum absolute atomic E-state index is 13.1. The molecule has 0 saturated carbocycles. The van der Waals surface area contributed by atoms with Gasteiger partial charge in [-0.05, 0) is 60.2 Å². The smallest absolute Gasteiger partial charge is 0.272 e. The van der Waals surface area contributed by atoms with Crippen LogP contribution in [0.25, 0.3) is 6.08 Å². The fraction of sp³-hybridized carbons (Fsp3) is 0.111. The van der Waals surface area contributed by atoms with Gasteiger partial charge in [-0.1, -0.05) is 18.2 Å². The number of hydrogen-bond donors (Lipinski definition) is 2. The molecule has 1 atom stereocenters. The molecule has 0 bridgehead atoms. The first-order valence-corrected chi connectivity index (χ1v) is 12.3. The Balaban J connectivity index is 1.51. The van der Waals surface area contributed by atoms with Crippen LogP contribution >= 0.6 is 11.8 Å². The number of carbonyl (C=O) groups is 4. The zero-order chi connectivity index (χ0) is 27.2. The molecule has 1 heterocycles. The minimum Gasteiger partial charge on any atom is -0.321 e. The molecule has 1 fully saturated rings. The Hall–Kier alpha value is -4.77. The van der Waals surface area contributed by atoms with Gasteiger partial charge in [0, 0.05) is 41.7 Å². The van der Waals surface area contributed by atoms with Crippen LogP contribution in [0.1, 0.15) is 22.3 Å². The molecule has 192 valence electrons. The molecular formula is C27H22N4O6S. The predicted molar refractivity (Wildman–Crippen MR) is 142 cm³/mol. The summed E-state index contributed by atoms with van der Waals surface area (Å²) in [6.45, 7) is 0. The zero-order valence-corrected chi connectivity index (χ0v) is 20.9. The van der Waals surface area contributed by atoms with Crippen molar-refractivity contribution in [3.05, 3.63) is 106 Å². The number of likely N-dealkylation sites (tertiary alicyclic amines) is 1. The summed E-state index contributed by atoms with van der Waals surface area (Å²) in [5.41, 5.74) is 1.09. The highest BCUT2D eigenvalue weighted by Gasteiger charge is 2.36. The lowest BCUT2D eigenvalue weighted by Crippen LogP contribution is -2.30. The van der Waals surface area contributed by atoms with Crippen LogP contribution in [0.3, 0.4) is 0 Å². The van der Waals surface area contributed by atoms with Crippen molar-refractivity contribution in [1.29, 1.82) is 0 Å². The number of nitro groups is 1. The van der Waals surface area contributed by atoms with E-state index in [1.54, 1.807) is 54.6 Å². The third-order valence-corrected chi connectivity index (χ3v) is 6.87. The molecule has 0 aliphatic carbocycles. The van der Waals surface area contributed by atoms with Crippen LogP contribution in [0, 0.1) is 10.1 Å². The van der Waals surface area contributed by atoms with Crippen LogP contribution < -0.4 is 10.6 Å². The molecule has 2 N–H and O–H groups in total. The summed E-state index contributed by atoms with van der Waals surface area (Å²) in [5.74, 6) is -1.57. The lowest BCUT2D eigenvalue weighted by atomic mass is 10.1. The Kier molecular flexibility index (Phi) is 7.97. The molecule has 10 nitrogen and oxygen atoms in total. The first kappa shape index (κ1) is 26.3. The van der Waals surface area contributed by atoms with Crippen LogP contribution in [0.5, 0.6) is 0 Å². The van der Waals surface area contributed by atoms with E-state index in [4.69, 9.17) is 0 Å². The summed E-state index contributed by atoms with van der Waals surface area (Å²) in [6, 6.07) is 20.6. The molecule has 0 aromatic heterocycles. The number of anilines is 1. The second kappa shape index (κ2) is 11.5. The summed E-state index contributed by atoms with van der Waals surface area (Å²) >= 11 is 1.27. The number of nitro benzene ring substituents is 1. The Labute approximate surface area is 221 Å². The quantitative estimate of drug-likeness (QED) is 0.195. The number of amides is 4. The minimum atomic E-state index is -0.605. The van der Waals surface area contributed by atoms with Gasteiger partial charge < -0.3 is 10.6 Å². The van der Waals surface area contributed by atoms with Crippen molar-refractivity contribution in [3.63, 3.8) is 0 Å². The normalized spacial score (nSPS) is 15.3. The number of non-ortho nitro benzene ring substituents is 1. The molecule has 38 heavy (non-hydrogen) atoms. The largest absolute Gasteiger partial charge is 0.321 e. The highest BCUT2D eigenvalue weighted by molar-refractivity contribution is 8.00. The number of rotatable bonds is 8. The van der Waals surface area contributed by atoms with Gasteiger partial charge in [-0.15, -0.1) is 11.8 Å². The van der Waals surface area contributed by atoms with Gasteiger partial charge in [0.1, 0.15) is 5.70 Å². The van der Waals surface area contributed by atoms with Crippen LogP contribution in [0.2, 0.25) is 0 Å². The van der Waals surface area contributed by atoms with Crippen molar-refractivity contribution in [2.45, 2.75) is 16.6 Å². The molecule has 1 aliphatic rings. The lowest BCUT2D eigenvalue weighted by Gasteiger charge is -2.12. The summed E-state index contributed by atoms with van der Waals surface area (Å²) in [6.07, 6.45) is 1.56. The van der Waals surface area contributed by atoms with E-state index in [0.717, 1.165) is 9.80 Å². The van der Waals surface area contributed by atoms with Gasteiger partial charge in [-0.2, -0.15) is 0 Å². The standard InChI is InChI=1S/C27H22N4O6S/c1-30-24(32)16-23(27(30)35)38-21-13-9-19(10-14-21)28-26(34)22(29-25(33)18-5-3-2-4-6-18)15-17-7-11-20(12-8-17)31(36)37/h2-15,23H,16H2,1H3,(H,28,34)(H,29,33)/b22-15-. The van der Waals surface area contributed by atoms with Crippen molar-refractivity contribution in [1.82, 2.24) is 10.2 Å². The highest BCUT2D eigenvalue weighted by Crippen LogP contribution is 2.31. The van der Waals surface area contributed by atoms with E-state index in [1.807, 2.05) is 0 Å². The van der Waals surface area contributed by atoms with Crippen molar-refractivity contribution < 1.29 is 24.1 Å². The van der Waals surface area contributed by atoms with Crippen molar-refractivity contribution in [2.24, 2.45) is 0 Å². The third-order valence-electron chi connectivity index (χ3n) is 5.67. The summed E-state index contributed by atoms with van der Waals surface area (Å²) in [7, 11) is 1.46. The Morgan fingerprint density at radius 2 is 1.66 bits per heavy atom. The molecule has 4 amide bonds. The van der Waals surface area contributed by atoms with Gasteiger partial charge >= 0.3 is 0 Å². The molecule has 4 rings (SSSR count). The number of carbonyl (C=O) groups excluding carboxylic acids is 4. The van der Waals surface area contributed by atoms with Crippen molar-refractivity contribution in [2.75, 3.05) is 12.4 Å². The maximum atomic E-state index is 13.1. The Morgan fingerprint density at radius 1 is 1.00 bits per heavy atom. The number of nitrogens with zero attached hydrogens (tertiary/aromatic N) is 2. The highest BCUT2D eigenvalue weighted by atomic mass is 32.2. The summed E-state index contributed by atoms with van der Waals surface area (Å²) in [5, 5.41) is 15.8.